The lowest BCUT2D eigenvalue weighted by atomic mass is 9.89. The number of hydrogen-bond acceptors (Lipinski definition) is 10. The van der Waals surface area contributed by atoms with Crippen molar-refractivity contribution in [3.63, 3.8) is 0 Å². The van der Waals surface area contributed by atoms with Crippen LogP contribution in [-0.2, 0) is 51.1 Å². The fourth-order valence-corrected chi connectivity index (χ4v) is 10.5. The number of nitrogens with zero attached hydrogens (tertiary/aromatic N) is 3. The van der Waals surface area contributed by atoms with Gasteiger partial charge in [-0.1, -0.05) is 83.5 Å². The first-order valence-corrected chi connectivity index (χ1v) is 24.6. The molecule has 1 saturated carbocycles. The third kappa shape index (κ3) is 13.2. The van der Waals surface area contributed by atoms with Crippen LogP contribution in [-0.4, -0.2) is 132 Å². The number of benzene rings is 2. The zero-order valence-corrected chi connectivity index (χ0v) is 42.3. The second kappa shape index (κ2) is 24.0. The number of likely N-dealkylation sites (N-methyl/N-ethyl adjacent to an activating group) is 1. The van der Waals surface area contributed by atoms with Crippen molar-refractivity contribution in [1.82, 2.24) is 25.3 Å². The van der Waals surface area contributed by atoms with Gasteiger partial charge in [-0.25, -0.2) is 4.79 Å². The molecule has 5 N–H and O–H groups in total. The second-order valence-corrected chi connectivity index (χ2v) is 20.5. The van der Waals surface area contributed by atoms with Crippen LogP contribution in [0.25, 0.3) is 0 Å². The molecule has 376 valence electrons. The van der Waals surface area contributed by atoms with Gasteiger partial charge in [-0.2, -0.15) is 0 Å². The van der Waals surface area contributed by atoms with Gasteiger partial charge in [0.15, 0.2) is 0 Å². The van der Waals surface area contributed by atoms with Gasteiger partial charge in [-0.05, 0) is 93.9 Å². The first kappa shape index (κ1) is 53.9. The number of piperidine rings is 1. The molecule has 2 aliphatic heterocycles. The van der Waals surface area contributed by atoms with Crippen LogP contribution in [0.3, 0.4) is 0 Å². The Hall–Kier alpha value is -5.06. The Morgan fingerprint density at radius 3 is 2.13 bits per heavy atom. The maximum Gasteiger partial charge on any atom is 0.411 e. The van der Waals surface area contributed by atoms with E-state index in [2.05, 4.69) is 16.0 Å². The van der Waals surface area contributed by atoms with Gasteiger partial charge in [-0.3, -0.25) is 28.9 Å². The second-order valence-electron chi connectivity index (χ2n) is 20.5. The summed E-state index contributed by atoms with van der Waals surface area (Å²) < 4.78 is 17.9. The molecule has 2 aromatic rings. The largest absolute Gasteiger partial charge is 0.444 e. The van der Waals surface area contributed by atoms with Crippen molar-refractivity contribution in [2.75, 3.05) is 33.1 Å². The van der Waals surface area contributed by atoms with Crippen molar-refractivity contribution in [3.05, 3.63) is 65.7 Å². The summed E-state index contributed by atoms with van der Waals surface area (Å²) >= 11 is 0. The molecule has 0 aromatic heterocycles. The quantitative estimate of drug-likeness (QED) is 0.121. The van der Waals surface area contributed by atoms with Crippen LogP contribution in [0.4, 0.5) is 10.5 Å². The van der Waals surface area contributed by atoms with Gasteiger partial charge in [0.1, 0.15) is 23.7 Å². The fraction of sp³-hybridized carbons (Fsp3) is 0.654. The molecule has 0 spiro atoms. The summed E-state index contributed by atoms with van der Waals surface area (Å²) in [6.07, 6.45) is 2.59. The molecule has 2 aromatic carbocycles. The molecule has 6 amide bonds. The van der Waals surface area contributed by atoms with Crippen LogP contribution in [0.2, 0.25) is 0 Å². The van der Waals surface area contributed by atoms with Crippen LogP contribution in [0.15, 0.2) is 54.6 Å². The smallest absolute Gasteiger partial charge is 0.411 e. The molecule has 2 heterocycles. The summed E-state index contributed by atoms with van der Waals surface area (Å²) in [6.45, 7) is 15.8. The molecule has 5 rings (SSSR count). The van der Waals surface area contributed by atoms with E-state index in [1.54, 1.807) is 61.6 Å². The summed E-state index contributed by atoms with van der Waals surface area (Å²) in [5.41, 5.74) is 7.41. The van der Waals surface area contributed by atoms with E-state index in [0.717, 1.165) is 24.0 Å². The van der Waals surface area contributed by atoms with Gasteiger partial charge in [0, 0.05) is 52.5 Å². The summed E-state index contributed by atoms with van der Waals surface area (Å²) in [7, 11) is 4.77. The minimum Gasteiger partial charge on any atom is -0.444 e. The normalized spacial score (nSPS) is 22.1. The zero-order valence-electron chi connectivity index (χ0n) is 42.3. The summed E-state index contributed by atoms with van der Waals surface area (Å²) in [5, 5.41) is 8.97. The Bertz CT molecular complexity index is 2030. The topological polar surface area (TPSA) is 202 Å². The van der Waals surface area contributed by atoms with Gasteiger partial charge in [0.25, 0.3) is 0 Å². The Labute approximate surface area is 404 Å². The number of likely N-dealkylation sites (tertiary alicyclic amines) is 2. The summed E-state index contributed by atoms with van der Waals surface area (Å²) in [6, 6.07) is 13.1. The van der Waals surface area contributed by atoms with E-state index in [1.807, 2.05) is 70.2 Å². The number of anilines is 1. The number of fused-ring (bicyclic) bond motifs is 2. The Kier molecular flexibility index (Phi) is 19.0. The summed E-state index contributed by atoms with van der Waals surface area (Å²) in [5.74, 6) is -2.82. The molecular formula is C52H79N7O9. The lowest BCUT2D eigenvalue weighted by Crippen LogP contribution is -2.61. The van der Waals surface area contributed by atoms with Gasteiger partial charge >= 0.3 is 6.09 Å². The monoisotopic (exact) mass is 946 g/mol. The number of methoxy groups -OCH3 is 2. The number of nitrogens with two attached hydrogens (primary N) is 1. The van der Waals surface area contributed by atoms with Crippen molar-refractivity contribution in [3.8, 4) is 0 Å². The number of ether oxygens (including phenoxy) is 3. The van der Waals surface area contributed by atoms with E-state index in [9.17, 15) is 28.8 Å². The van der Waals surface area contributed by atoms with Crippen molar-refractivity contribution in [1.29, 1.82) is 0 Å². The molecule has 2 saturated heterocycles. The van der Waals surface area contributed by atoms with Gasteiger partial charge in [0.2, 0.25) is 29.5 Å². The predicted octanol–water partition coefficient (Wildman–Crippen LogP) is 5.66. The lowest BCUT2D eigenvalue weighted by molar-refractivity contribution is -0.148. The van der Waals surface area contributed by atoms with E-state index in [-0.39, 0.29) is 66.2 Å². The molecular weight excluding hydrogens is 867 g/mol. The Morgan fingerprint density at radius 1 is 0.868 bits per heavy atom. The first-order valence-electron chi connectivity index (χ1n) is 24.6. The van der Waals surface area contributed by atoms with Gasteiger partial charge in [0.05, 0.1) is 36.6 Å². The number of rotatable bonds is 21. The van der Waals surface area contributed by atoms with Crippen molar-refractivity contribution in [2.45, 2.75) is 167 Å². The van der Waals surface area contributed by atoms with Crippen LogP contribution in [0, 0.1) is 23.7 Å². The molecule has 16 nitrogen and oxygen atoms in total. The highest BCUT2D eigenvalue weighted by atomic mass is 16.6. The molecule has 11 atom stereocenters. The lowest BCUT2D eigenvalue weighted by Gasteiger charge is -2.41. The first-order chi connectivity index (χ1) is 32.2. The molecule has 0 radical (unpaired) electrons. The molecule has 1 aliphatic carbocycles. The molecule has 3 fully saturated rings. The average Bonchev–Trinajstić information content (AvgIpc) is 4.08. The Balaban J connectivity index is 1.29. The number of carbonyl (C=O) groups is 6. The highest BCUT2D eigenvalue weighted by Crippen LogP contribution is 2.43. The minimum atomic E-state index is -0.911. The van der Waals surface area contributed by atoms with Crippen LogP contribution in [0.1, 0.15) is 111 Å². The van der Waals surface area contributed by atoms with Crippen molar-refractivity contribution < 1.29 is 43.0 Å². The van der Waals surface area contributed by atoms with E-state index >= 15 is 0 Å². The highest BCUT2D eigenvalue weighted by molar-refractivity contribution is 5.98. The van der Waals surface area contributed by atoms with Crippen LogP contribution < -0.4 is 21.7 Å². The average molecular weight is 946 g/mol. The molecule has 3 aliphatic rings. The third-order valence-corrected chi connectivity index (χ3v) is 14.3. The van der Waals surface area contributed by atoms with Gasteiger partial charge < -0.3 is 45.7 Å². The zero-order chi connectivity index (χ0) is 50.0. The predicted molar refractivity (Wildman–Crippen MR) is 261 cm³/mol. The minimum absolute atomic E-state index is 0.0246. The van der Waals surface area contributed by atoms with Crippen molar-refractivity contribution >= 4 is 41.3 Å². The molecule has 68 heavy (non-hydrogen) atoms. The fourth-order valence-electron chi connectivity index (χ4n) is 10.5. The van der Waals surface area contributed by atoms with Crippen molar-refractivity contribution in [2.24, 2.45) is 29.4 Å². The number of amides is 6. The van der Waals surface area contributed by atoms with E-state index in [1.165, 1.54) is 14.2 Å². The standard InChI is InChI=1S/C52H79N7O9/c1-12-32(4)44(57(9)50(64)43(31(2)3)56-49(63)45-36-22-25-38(28-36)59(45)51(65)68-52(6,7)8)41(66-10)29-42(60)58-26-16-19-40(58)46(67-11)33(5)47(61)55-39(27-34-17-14-13-15-18-34)48(62)54-37-23-20-35(30-53)21-24-37/h13-15,17-18,20-21,23-24,31-33,36,38-41,43-46H,12,16,19,22,25-30,53H2,1-11H3,(H,54,62)(H,55,61)(H,56,63)/t32-,33+,36?,38?,39-,40-,41+,43-,44-,45?,46+/m0/s1. The Morgan fingerprint density at radius 2 is 1.54 bits per heavy atom. The molecule has 2 bridgehead atoms. The highest BCUT2D eigenvalue weighted by Gasteiger charge is 2.53. The van der Waals surface area contributed by atoms with Crippen LogP contribution in [0.5, 0.6) is 0 Å². The number of nitrogens with one attached hydrogen (secondary N) is 3. The third-order valence-electron chi connectivity index (χ3n) is 14.3. The van der Waals surface area contributed by atoms with Crippen LogP contribution >= 0.6 is 0 Å². The summed E-state index contributed by atoms with van der Waals surface area (Å²) in [4.78, 5) is 89.7. The van der Waals surface area contributed by atoms with E-state index in [0.29, 0.717) is 44.5 Å². The molecule has 3 unspecified atom stereocenters. The van der Waals surface area contributed by atoms with E-state index in [4.69, 9.17) is 19.9 Å². The maximum atomic E-state index is 14.6. The number of carbonyl (C=O) groups excluding carboxylic acids is 6. The number of hydrogen-bond donors (Lipinski definition) is 4. The van der Waals surface area contributed by atoms with Gasteiger partial charge in [-0.15, -0.1) is 0 Å². The molecule has 16 heteroatoms. The van der Waals surface area contributed by atoms with E-state index < -0.39 is 60.0 Å². The SMILES string of the molecule is CC[C@H](C)[C@@H]([C@@H](CC(=O)N1CCC[C@H]1[C@H](OC)[C@@H](C)C(=O)N[C@@H](Cc1ccccc1)C(=O)Nc1ccc(CN)cc1)OC)N(C)C(=O)[C@@H](NC(=O)C1C2CCC(C2)N1C(=O)OC(C)(C)C)C(C)C. The maximum absolute atomic E-state index is 14.6.